The summed E-state index contributed by atoms with van der Waals surface area (Å²) >= 11 is 0. The zero-order valence-corrected chi connectivity index (χ0v) is 11.1. The molecule has 102 valence electrons. The van der Waals surface area contributed by atoms with E-state index in [2.05, 4.69) is 18.7 Å². The molecule has 1 rings (SSSR count). The highest BCUT2D eigenvalue weighted by Crippen LogP contribution is 2.18. The van der Waals surface area contributed by atoms with E-state index in [1.807, 2.05) is 0 Å². The van der Waals surface area contributed by atoms with E-state index in [1.165, 1.54) is 0 Å². The van der Waals surface area contributed by atoms with Crippen LogP contribution in [0.5, 0.6) is 0 Å². The molecule has 0 spiro atoms. The maximum absolute atomic E-state index is 9.88. The van der Waals surface area contributed by atoms with Crippen LogP contribution in [-0.4, -0.2) is 74.9 Å². The van der Waals surface area contributed by atoms with Gasteiger partial charge in [-0.15, -0.1) is 0 Å². The van der Waals surface area contributed by atoms with Crippen molar-refractivity contribution in [3.8, 4) is 0 Å². The van der Waals surface area contributed by atoms with Crippen LogP contribution in [0.2, 0.25) is 0 Å². The van der Waals surface area contributed by atoms with Crippen molar-refractivity contribution < 1.29 is 19.3 Å². The number of β-amino-alcohol motifs (C(OH)–C–C–N with tert-alkyl or cyclic N) is 1. The average Bonchev–Trinajstić information content (AvgIpc) is 2.27. The Hall–Kier alpha value is -0.200. The highest BCUT2D eigenvalue weighted by molar-refractivity contribution is 4.85. The van der Waals surface area contributed by atoms with Crippen molar-refractivity contribution in [2.24, 2.45) is 0 Å². The van der Waals surface area contributed by atoms with E-state index in [1.54, 1.807) is 7.11 Å². The molecule has 0 saturated carbocycles. The van der Waals surface area contributed by atoms with Crippen molar-refractivity contribution in [1.82, 2.24) is 4.90 Å². The maximum Gasteiger partial charge on any atom is 0.0900 e. The number of ether oxygens (including phenoxy) is 3. The monoisotopic (exact) mass is 247 g/mol. The van der Waals surface area contributed by atoms with Crippen molar-refractivity contribution in [3.05, 3.63) is 0 Å². The van der Waals surface area contributed by atoms with Crippen LogP contribution in [0, 0.1) is 0 Å². The van der Waals surface area contributed by atoms with Gasteiger partial charge in [0.15, 0.2) is 0 Å². The largest absolute Gasteiger partial charge is 0.389 e. The molecule has 1 aliphatic rings. The van der Waals surface area contributed by atoms with Crippen LogP contribution in [-0.2, 0) is 14.2 Å². The zero-order chi connectivity index (χ0) is 12.7. The molecule has 0 aromatic heterocycles. The topological polar surface area (TPSA) is 51.2 Å². The van der Waals surface area contributed by atoms with E-state index in [0.717, 1.165) is 13.2 Å². The Morgan fingerprint density at radius 3 is 2.82 bits per heavy atom. The molecular weight excluding hydrogens is 222 g/mol. The van der Waals surface area contributed by atoms with E-state index in [9.17, 15) is 5.11 Å². The summed E-state index contributed by atoms with van der Waals surface area (Å²) in [4.78, 5) is 2.25. The van der Waals surface area contributed by atoms with Crippen molar-refractivity contribution >= 4 is 0 Å². The van der Waals surface area contributed by atoms with Crippen LogP contribution in [0.15, 0.2) is 0 Å². The smallest absolute Gasteiger partial charge is 0.0900 e. The SMILES string of the molecule is COCCOCC(O)CN1CCOCC1(C)C. The molecule has 1 heterocycles. The number of hydrogen-bond donors (Lipinski definition) is 1. The quantitative estimate of drug-likeness (QED) is 0.648. The van der Waals surface area contributed by atoms with E-state index in [0.29, 0.717) is 33.0 Å². The number of nitrogens with zero attached hydrogens (tertiary/aromatic N) is 1. The van der Waals surface area contributed by atoms with E-state index in [4.69, 9.17) is 14.2 Å². The van der Waals surface area contributed by atoms with Gasteiger partial charge in [0, 0.05) is 25.7 Å². The van der Waals surface area contributed by atoms with Crippen molar-refractivity contribution in [2.45, 2.75) is 25.5 Å². The third-order valence-corrected chi connectivity index (χ3v) is 2.99. The molecule has 5 nitrogen and oxygen atoms in total. The Morgan fingerprint density at radius 2 is 2.18 bits per heavy atom. The fourth-order valence-electron chi connectivity index (χ4n) is 1.90. The van der Waals surface area contributed by atoms with Crippen LogP contribution >= 0.6 is 0 Å². The molecule has 1 unspecified atom stereocenters. The van der Waals surface area contributed by atoms with Gasteiger partial charge in [0.2, 0.25) is 0 Å². The number of methoxy groups -OCH3 is 1. The molecule has 5 heteroatoms. The van der Waals surface area contributed by atoms with Gasteiger partial charge in [-0.25, -0.2) is 0 Å². The van der Waals surface area contributed by atoms with E-state index < -0.39 is 6.10 Å². The Bertz CT molecular complexity index is 211. The third-order valence-electron chi connectivity index (χ3n) is 2.99. The number of aliphatic hydroxyl groups is 1. The zero-order valence-electron chi connectivity index (χ0n) is 11.1. The van der Waals surface area contributed by atoms with Gasteiger partial charge >= 0.3 is 0 Å². The third kappa shape index (κ3) is 5.31. The summed E-state index contributed by atoms with van der Waals surface area (Å²) in [6.07, 6.45) is -0.454. The van der Waals surface area contributed by atoms with Gasteiger partial charge in [0.05, 0.1) is 39.1 Å². The minimum absolute atomic E-state index is 0.00817. The number of morpholine rings is 1. The molecule has 0 aromatic carbocycles. The fourth-order valence-corrected chi connectivity index (χ4v) is 1.90. The summed E-state index contributed by atoms with van der Waals surface area (Å²) in [5.41, 5.74) is -0.00817. The number of rotatable bonds is 7. The summed E-state index contributed by atoms with van der Waals surface area (Å²) in [5, 5.41) is 9.88. The predicted octanol–water partition coefficient (Wildman–Crippen LogP) is 0.121. The number of aliphatic hydroxyl groups excluding tert-OH is 1. The summed E-state index contributed by atoms with van der Waals surface area (Å²) in [5.74, 6) is 0. The van der Waals surface area contributed by atoms with Gasteiger partial charge in [-0.2, -0.15) is 0 Å². The van der Waals surface area contributed by atoms with Gasteiger partial charge < -0.3 is 19.3 Å². The van der Waals surface area contributed by atoms with Crippen molar-refractivity contribution in [2.75, 3.05) is 53.2 Å². The standard InChI is InChI=1S/C12H25NO4/c1-12(2)10-17-5-4-13(12)8-11(14)9-16-7-6-15-3/h11,14H,4-10H2,1-3H3. The molecule has 17 heavy (non-hydrogen) atoms. The molecule has 0 aliphatic carbocycles. The summed E-state index contributed by atoms with van der Waals surface area (Å²) in [6.45, 7) is 8.65. The van der Waals surface area contributed by atoms with Crippen LogP contribution in [0.3, 0.4) is 0 Å². The first-order valence-corrected chi connectivity index (χ1v) is 6.14. The lowest BCUT2D eigenvalue weighted by molar-refractivity contribution is -0.0775. The first kappa shape index (κ1) is 14.9. The molecule has 1 N–H and O–H groups in total. The van der Waals surface area contributed by atoms with Gasteiger partial charge in [-0.05, 0) is 13.8 Å². The molecule has 0 aromatic rings. The Morgan fingerprint density at radius 1 is 1.41 bits per heavy atom. The molecule has 0 radical (unpaired) electrons. The van der Waals surface area contributed by atoms with Gasteiger partial charge in [0.1, 0.15) is 0 Å². The normalized spacial score (nSPS) is 22.6. The summed E-state index contributed by atoms with van der Waals surface area (Å²) in [6, 6.07) is 0. The second-order valence-corrected chi connectivity index (χ2v) is 5.03. The van der Waals surface area contributed by atoms with Crippen LogP contribution in [0.1, 0.15) is 13.8 Å². The molecule has 1 atom stereocenters. The highest BCUT2D eigenvalue weighted by Gasteiger charge is 2.31. The molecular formula is C12H25NO4. The highest BCUT2D eigenvalue weighted by atomic mass is 16.5. The lowest BCUT2D eigenvalue weighted by atomic mass is 10.0. The van der Waals surface area contributed by atoms with E-state index in [-0.39, 0.29) is 5.54 Å². The lowest BCUT2D eigenvalue weighted by Crippen LogP contribution is -2.55. The van der Waals surface area contributed by atoms with Gasteiger partial charge in [-0.1, -0.05) is 0 Å². The van der Waals surface area contributed by atoms with Crippen LogP contribution in [0.4, 0.5) is 0 Å². The molecule has 0 bridgehead atoms. The Labute approximate surface area is 104 Å². The average molecular weight is 247 g/mol. The first-order valence-electron chi connectivity index (χ1n) is 6.14. The maximum atomic E-state index is 9.88. The molecule has 1 saturated heterocycles. The molecule has 1 aliphatic heterocycles. The minimum Gasteiger partial charge on any atom is -0.389 e. The van der Waals surface area contributed by atoms with Crippen LogP contribution in [0.25, 0.3) is 0 Å². The minimum atomic E-state index is -0.454. The van der Waals surface area contributed by atoms with Crippen LogP contribution < -0.4 is 0 Å². The lowest BCUT2D eigenvalue weighted by Gasteiger charge is -2.42. The summed E-state index contributed by atoms with van der Waals surface area (Å²) < 4.78 is 15.6. The predicted molar refractivity (Wildman–Crippen MR) is 65.2 cm³/mol. The van der Waals surface area contributed by atoms with Crippen molar-refractivity contribution in [1.29, 1.82) is 0 Å². The second-order valence-electron chi connectivity index (χ2n) is 5.03. The van der Waals surface area contributed by atoms with Gasteiger partial charge in [-0.3, -0.25) is 4.90 Å². The molecule has 1 fully saturated rings. The number of hydrogen-bond acceptors (Lipinski definition) is 5. The fraction of sp³-hybridized carbons (Fsp3) is 1.00. The van der Waals surface area contributed by atoms with E-state index >= 15 is 0 Å². The van der Waals surface area contributed by atoms with Crippen molar-refractivity contribution in [3.63, 3.8) is 0 Å². The first-order chi connectivity index (χ1) is 8.06. The Kier molecular flexibility index (Phi) is 6.37. The van der Waals surface area contributed by atoms with Gasteiger partial charge in [0.25, 0.3) is 0 Å². The molecule has 0 amide bonds. The Balaban J connectivity index is 2.22. The summed E-state index contributed by atoms with van der Waals surface area (Å²) in [7, 11) is 1.63. The second kappa shape index (κ2) is 7.28.